The third-order valence-corrected chi connectivity index (χ3v) is 5.72. The zero-order valence-corrected chi connectivity index (χ0v) is 14.4. The monoisotopic (exact) mass is 332 g/mol. The fraction of sp³-hybridized carbons (Fsp3) is 0.529. The predicted molar refractivity (Wildman–Crippen MR) is 93.8 cm³/mol. The van der Waals surface area contributed by atoms with Crippen molar-refractivity contribution in [3.63, 3.8) is 0 Å². The molecular weight excluding hydrogens is 308 g/mol. The van der Waals surface area contributed by atoms with Crippen molar-refractivity contribution in [1.82, 2.24) is 15.8 Å². The molecule has 23 heavy (non-hydrogen) atoms. The van der Waals surface area contributed by atoms with Crippen LogP contribution in [0.15, 0.2) is 39.4 Å². The topological polar surface area (TPSA) is 62.5 Å². The van der Waals surface area contributed by atoms with E-state index in [2.05, 4.69) is 38.3 Å². The molecule has 0 atom stereocenters. The fourth-order valence-corrected chi connectivity index (χ4v) is 4.28. The standard InChI is InChI=1S/C17H24N4OS/c1-18-16(19-12-14-7-10-22-21-14)20-13-17(8-3-2-4-9-17)15-6-5-11-23-15/h5-7,10-11H,2-4,8-9,12-13H2,1H3,(H2,18,19,20). The van der Waals surface area contributed by atoms with Gasteiger partial charge >= 0.3 is 0 Å². The summed E-state index contributed by atoms with van der Waals surface area (Å²) in [4.78, 5) is 5.82. The number of nitrogens with zero attached hydrogens (tertiary/aromatic N) is 2. The van der Waals surface area contributed by atoms with E-state index < -0.39 is 0 Å². The highest BCUT2D eigenvalue weighted by molar-refractivity contribution is 7.10. The lowest BCUT2D eigenvalue weighted by atomic mass is 9.73. The number of aromatic nitrogens is 1. The van der Waals surface area contributed by atoms with Crippen molar-refractivity contribution in [2.45, 2.75) is 44.1 Å². The van der Waals surface area contributed by atoms with Crippen LogP contribution in [0.5, 0.6) is 0 Å². The van der Waals surface area contributed by atoms with Gasteiger partial charge in [0.1, 0.15) is 12.0 Å². The van der Waals surface area contributed by atoms with Crippen molar-refractivity contribution < 1.29 is 4.52 Å². The Balaban J connectivity index is 1.61. The van der Waals surface area contributed by atoms with E-state index >= 15 is 0 Å². The second-order valence-electron chi connectivity index (χ2n) is 6.09. The number of nitrogens with one attached hydrogen (secondary N) is 2. The van der Waals surface area contributed by atoms with E-state index in [1.807, 2.05) is 17.4 Å². The third-order valence-electron chi connectivity index (χ3n) is 4.60. The molecule has 1 aliphatic rings. The van der Waals surface area contributed by atoms with Crippen LogP contribution in [-0.4, -0.2) is 24.7 Å². The maximum Gasteiger partial charge on any atom is 0.191 e. The van der Waals surface area contributed by atoms with Gasteiger partial charge in [-0.1, -0.05) is 30.5 Å². The lowest BCUT2D eigenvalue weighted by Crippen LogP contribution is -2.46. The van der Waals surface area contributed by atoms with Crippen LogP contribution >= 0.6 is 11.3 Å². The molecule has 0 aromatic carbocycles. The lowest BCUT2D eigenvalue weighted by molar-refractivity contribution is 0.296. The molecule has 1 fully saturated rings. The summed E-state index contributed by atoms with van der Waals surface area (Å²) in [5.74, 6) is 0.814. The number of thiophene rings is 1. The minimum atomic E-state index is 0.248. The molecular formula is C17H24N4OS. The molecule has 5 nitrogen and oxygen atoms in total. The Morgan fingerprint density at radius 2 is 2.17 bits per heavy atom. The number of aliphatic imine (C=N–C) groups is 1. The van der Waals surface area contributed by atoms with E-state index in [0.29, 0.717) is 6.54 Å². The van der Waals surface area contributed by atoms with Gasteiger partial charge in [0.05, 0.1) is 6.54 Å². The Hall–Kier alpha value is -1.82. The minimum Gasteiger partial charge on any atom is -0.364 e. The van der Waals surface area contributed by atoms with Gasteiger partial charge in [-0.3, -0.25) is 4.99 Å². The summed E-state index contributed by atoms with van der Waals surface area (Å²) in [6.07, 6.45) is 8.06. The van der Waals surface area contributed by atoms with Gasteiger partial charge in [-0.15, -0.1) is 11.3 Å². The molecule has 124 valence electrons. The van der Waals surface area contributed by atoms with Gasteiger partial charge in [-0.05, 0) is 24.3 Å². The average Bonchev–Trinajstić information content (AvgIpc) is 3.30. The molecule has 2 aromatic heterocycles. The summed E-state index contributed by atoms with van der Waals surface area (Å²) in [6, 6.07) is 6.30. The summed E-state index contributed by atoms with van der Waals surface area (Å²) >= 11 is 1.88. The lowest BCUT2D eigenvalue weighted by Gasteiger charge is -2.37. The summed E-state index contributed by atoms with van der Waals surface area (Å²) in [5, 5.41) is 12.9. The molecule has 1 saturated carbocycles. The van der Waals surface area contributed by atoms with Crippen LogP contribution < -0.4 is 10.6 Å². The Morgan fingerprint density at radius 3 is 2.83 bits per heavy atom. The van der Waals surface area contributed by atoms with Gasteiger partial charge in [0.2, 0.25) is 0 Å². The van der Waals surface area contributed by atoms with Gasteiger partial charge in [-0.25, -0.2) is 0 Å². The smallest absolute Gasteiger partial charge is 0.191 e. The zero-order chi connectivity index (χ0) is 16.0. The Morgan fingerprint density at radius 1 is 1.30 bits per heavy atom. The maximum absolute atomic E-state index is 4.85. The first kappa shape index (κ1) is 16.1. The zero-order valence-electron chi connectivity index (χ0n) is 13.5. The second-order valence-corrected chi connectivity index (χ2v) is 7.04. The molecule has 0 aliphatic heterocycles. The molecule has 2 aromatic rings. The molecule has 0 radical (unpaired) electrons. The SMILES string of the molecule is CN=C(NCc1ccon1)NCC1(c2cccs2)CCCCC1. The molecule has 6 heteroatoms. The number of rotatable bonds is 5. The number of hydrogen-bond acceptors (Lipinski definition) is 4. The Kier molecular flexibility index (Phi) is 5.33. The van der Waals surface area contributed by atoms with Crippen LogP contribution in [0, 0.1) is 0 Å². The van der Waals surface area contributed by atoms with E-state index in [4.69, 9.17) is 4.52 Å². The van der Waals surface area contributed by atoms with Crippen LogP contribution in [0.3, 0.4) is 0 Å². The first-order valence-electron chi connectivity index (χ1n) is 8.20. The maximum atomic E-state index is 4.85. The van der Waals surface area contributed by atoms with E-state index in [-0.39, 0.29) is 5.41 Å². The highest BCUT2D eigenvalue weighted by atomic mass is 32.1. The van der Waals surface area contributed by atoms with Gasteiger partial charge in [0, 0.05) is 30.0 Å². The van der Waals surface area contributed by atoms with Crippen molar-refractivity contribution in [1.29, 1.82) is 0 Å². The Bertz CT molecular complexity index is 601. The number of hydrogen-bond donors (Lipinski definition) is 2. The van der Waals surface area contributed by atoms with E-state index in [1.165, 1.54) is 37.0 Å². The summed E-state index contributed by atoms with van der Waals surface area (Å²) in [7, 11) is 1.80. The molecule has 0 spiro atoms. The average molecular weight is 332 g/mol. The fourth-order valence-electron chi connectivity index (χ4n) is 3.30. The second kappa shape index (κ2) is 7.64. The predicted octanol–water partition coefficient (Wildman–Crippen LogP) is 3.30. The van der Waals surface area contributed by atoms with Gasteiger partial charge in [0.15, 0.2) is 5.96 Å². The number of guanidine groups is 1. The summed E-state index contributed by atoms with van der Waals surface area (Å²) in [6.45, 7) is 1.54. The van der Waals surface area contributed by atoms with Crippen molar-refractivity contribution in [3.8, 4) is 0 Å². The van der Waals surface area contributed by atoms with Crippen LogP contribution in [-0.2, 0) is 12.0 Å². The largest absolute Gasteiger partial charge is 0.364 e. The molecule has 1 aliphatic carbocycles. The summed E-state index contributed by atoms with van der Waals surface area (Å²) in [5.41, 5.74) is 1.12. The normalized spacial score (nSPS) is 17.9. The van der Waals surface area contributed by atoms with Gasteiger partial charge in [-0.2, -0.15) is 0 Å². The third kappa shape index (κ3) is 3.93. The first-order chi connectivity index (χ1) is 11.3. The van der Waals surface area contributed by atoms with Crippen LogP contribution in [0.2, 0.25) is 0 Å². The molecule has 0 unspecified atom stereocenters. The minimum absolute atomic E-state index is 0.248. The van der Waals surface area contributed by atoms with Crippen molar-refractivity contribution in [3.05, 3.63) is 40.4 Å². The highest BCUT2D eigenvalue weighted by Crippen LogP contribution is 2.41. The molecule has 0 saturated heterocycles. The molecule has 2 N–H and O–H groups in total. The molecule has 2 heterocycles. The first-order valence-corrected chi connectivity index (χ1v) is 9.08. The van der Waals surface area contributed by atoms with E-state index in [1.54, 1.807) is 13.3 Å². The van der Waals surface area contributed by atoms with Crippen LogP contribution in [0.25, 0.3) is 0 Å². The highest BCUT2D eigenvalue weighted by Gasteiger charge is 2.34. The van der Waals surface area contributed by atoms with E-state index in [9.17, 15) is 0 Å². The van der Waals surface area contributed by atoms with Crippen molar-refractivity contribution in [2.24, 2.45) is 4.99 Å². The van der Waals surface area contributed by atoms with Gasteiger partial charge in [0.25, 0.3) is 0 Å². The van der Waals surface area contributed by atoms with Gasteiger partial charge < -0.3 is 15.2 Å². The molecule has 0 bridgehead atoms. The summed E-state index contributed by atoms with van der Waals surface area (Å²) < 4.78 is 4.85. The Labute approximate surface area is 141 Å². The molecule has 3 rings (SSSR count). The van der Waals surface area contributed by atoms with Crippen LogP contribution in [0.1, 0.15) is 42.7 Å². The molecule has 0 amide bonds. The quantitative estimate of drug-likeness (QED) is 0.651. The van der Waals surface area contributed by atoms with Crippen LogP contribution in [0.4, 0.5) is 0 Å². The van der Waals surface area contributed by atoms with E-state index in [0.717, 1.165) is 18.2 Å². The van der Waals surface area contributed by atoms with Crippen molar-refractivity contribution in [2.75, 3.05) is 13.6 Å². The van der Waals surface area contributed by atoms with Crippen molar-refractivity contribution >= 4 is 17.3 Å².